The van der Waals surface area contributed by atoms with E-state index >= 15 is 0 Å². The van der Waals surface area contributed by atoms with E-state index in [1.165, 1.54) is 12.8 Å². The van der Waals surface area contributed by atoms with Crippen LogP contribution < -0.4 is 16.0 Å². The molecular weight excluding hydrogens is 258 g/mol. The lowest BCUT2D eigenvalue weighted by molar-refractivity contribution is -0.113. The summed E-state index contributed by atoms with van der Waals surface area (Å²) in [6.07, 6.45) is 2.56. The second-order valence-corrected chi connectivity index (χ2v) is 6.16. The molecule has 0 spiro atoms. The number of nitrogens with one attached hydrogen (secondary N) is 3. The lowest BCUT2D eigenvalue weighted by Crippen LogP contribution is -2.33. The monoisotopic (exact) mass is 277 g/mol. The average molecular weight is 277 g/mol. The fraction of sp³-hybridized carbons (Fsp3) is 0.500. The molecule has 2 aliphatic rings. The molecule has 19 heavy (non-hydrogen) atoms. The number of hydrogen-bond donors (Lipinski definition) is 3. The summed E-state index contributed by atoms with van der Waals surface area (Å²) in [6.45, 7) is 3.25. The van der Waals surface area contributed by atoms with Gasteiger partial charge in [0.1, 0.15) is 0 Å². The van der Waals surface area contributed by atoms with Crippen molar-refractivity contribution in [2.75, 3.05) is 36.0 Å². The highest BCUT2D eigenvalue weighted by Crippen LogP contribution is 2.33. The molecule has 1 unspecified atom stereocenters. The van der Waals surface area contributed by atoms with Crippen molar-refractivity contribution in [2.45, 2.75) is 17.7 Å². The number of hydrogen-bond acceptors (Lipinski definition) is 4. The number of anilines is 2. The van der Waals surface area contributed by atoms with Crippen LogP contribution in [0.4, 0.5) is 11.4 Å². The summed E-state index contributed by atoms with van der Waals surface area (Å²) in [5.41, 5.74) is 2.03. The number of rotatable bonds is 3. The Morgan fingerprint density at radius 3 is 3.21 bits per heavy atom. The van der Waals surface area contributed by atoms with Gasteiger partial charge >= 0.3 is 0 Å². The number of carbonyl (C=O) groups is 1. The molecule has 2 heterocycles. The van der Waals surface area contributed by atoms with Crippen LogP contribution >= 0.6 is 11.8 Å². The van der Waals surface area contributed by atoms with E-state index in [0.717, 1.165) is 35.9 Å². The van der Waals surface area contributed by atoms with E-state index in [4.69, 9.17) is 0 Å². The second-order valence-electron chi connectivity index (χ2n) is 5.14. The summed E-state index contributed by atoms with van der Waals surface area (Å²) in [6, 6.07) is 6.22. The topological polar surface area (TPSA) is 53.2 Å². The zero-order valence-corrected chi connectivity index (χ0v) is 11.7. The molecule has 1 atom stereocenters. The minimum absolute atomic E-state index is 0.0890. The first kappa shape index (κ1) is 12.8. The molecule has 0 aliphatic carbocycles. The van der Waals surface area contributed by atoms with Gasteiger partial charge in [0, 0.05) is 17.1 Å². The molecule has 0 radical (unpaired) electrons. The molecule has 1 amide bonds. The minimum Gasteiger partial charge on any atom is -0.385 e. The van der Waals surface area contributed by atoms with Crippen molar-refractivity contribution in [3.05, 3.63) is 18.2 Å². The molecule has 3 rings (SSSR count). The third-order valence-electron chi connectivity index (χ3n) is 3.61. The lowest BCUT2D eigenvalue weighted by Gasteiger charge is -2.24. The largest absolute Gasteiger partial charge is 0.385 e. The number of fused-ring (bicyclic) bond motifs is 1. The van der Waals surface area contributed by atoms with Crippen molar-refractivity contribution in [3.63, 3.8) is 0 Å². The Bertz CT molecular complexity index is 472. The van der Waals surface area contributed by atoms with Crippen molar-refractivity contribution >= 4 is 29.0 Å². The van der Waals surface area contributed by atoms with Crippen molar-refractivity contribution in [1.29, 1.82) is 0 Å². The maximum Gasteiger partial charge on any atom is 0.234 e. The summed E-state index contributed by atoms with van der Waals surface area (Å²) in [7, 11) is 0. The zero-order chi connectivity index (χ0) is 13.1. The average Bonchev–Trinajstić information content (AvgIpc) is 2.46. The quantitative estimate of drug-likeness (QED) is 0.792. The van der Waals surface area contributed by atoms with Crippen LogP contribution in [0.15, 0.2) is 23.1 Å². The molecule has 4 nitrogen and oxygen atoms in total. The summed E-state index contributed by atoms with van der Waals surface area (Å²) in [5.74, 6) is 1.31. The predicted molar refractivity (Wildman–Crippen MR) is 79.9 cm³/mol. The SMILES string of the molecule is O=C1CSc2ccc(NCC3CCCNC3)cc2N1. The van der Waals surface area contributed by atoms with Gasteiger partial charge in [0.15, 0.2) is 0 Å². The lowest BCUT2D eigenvalue weighted by atomic mass is 10.00. The Balaban J connectivity index is 1.61. The smallest absolute Gasteiger partial charge is 0.234 e. The second kappa shape index (κ2) is 5.84. The standard InChI is InChI=1S/C14H19N3OS/c18-14-9-19-13-4-3-11(6-12(13)17-14)16-8-10-2-1-5-15-7-10/h3-4,6,10,15-16H,1-2,5,7-9H2,(H,17,18). The Kier molecular flexibility index (Phi) is 3.94. The van der Waals surface area contributed by atoms with E-state index in [0.29, 0.717) is 11.7 Å². The van der Waals surface area contributed by atoms with Crippen molar-refractivity contribution in [3.8, 4) is 0 Å². The molecule has 1 fully saturated rings. The number of benzene rings is 1. The van der Waals surface area contributed by atoms with Crippen LogP contribution in [-0.4, -0.2) is 31.3 Å². The van der Waals surface area contributed by atoms with Gasteiger partial charge < -0.3 is 16.0 Å². The van der Waals surface area contributed by atoms with Crippen LogP contribution in [0.5, 0.6) is 0 Å². The highest BCUT2D eigenvalue weighted by atomic mass is 32.2. The third kappa shape index (κ3) is 3.22. The summed E-state index contributed by atoms with van der Waals surface area (Å²) < 4.78 is 0. The number of thioether (sulfide) groups is 1. The molecule has 0 aromatic heterocycles. The number of amides is 1. The van der Waals surface area contributed by atoms with E-state index in [2.05, 4.69) is 28.1 Å². The maximum atomic E-state index is 11.4. The Morgan fingerprint density at radius 1 is 1.42 bits per heavy atom. The maximum absolute atomic E-state index is 11.4. The molecule has 5 heteroatoms. The van der Waals surface area contributed by atoms with Crippen LogP contribution in [0.3, 0.4) is 0 Å². The van der Waals surface area contributed by atoms with Crippen molar-refractivity contribution in [1.82, 2.24) is 5.32 Å². The molecule has 102 valence electrons. The van der Waals surface area contributed by atoms with Gasteiger partial charge in [-0.1, -0.05) is 0 Å². The van der Waals surface area contributed by atoms with Gasteiger partial charge in [0.2, 0.25) is 5.91 Å². The molecule has 0 saturated carbocycles. The van der Waals surface area contributed by atoms with E-state index in [9.17, 15) is 4.79 Å². The summed E-state index contributed by atoms with van der Waals surface area (Å²) in [5, 5.41) is 9.83. The van der Waals surface area contributed by atoms with Crippen molar-refractivity contribution < 1.29 is 4.79 Å². The molecule has 1 aromatic carbocycles. The van der Waals surface area contributed by atoms with Crippen LogP contribution in [0.2, 0.25) is 0 Å². The van der Waals surface area contributed by atoms with Gasteiger partial charge in [-0.05, 0) is 50.0 Å². The number of piperidine rings is 1. The van der Waals surface area contributed by atoms with E-state index in [1.807, 2.05) is 6.07 Å². The fourth-order valence-corrected chi connectivity index (χ4v) is 3.34. The van der Waals surface area contributed by atoms with E-state index < -0.39 is 0 Å². The molecular formula is C14H19N3OS. The van der Waals surface area contributed by atoms with Gasteiger partial charge in [-0.15, -0.1) is 11.8 Å². The highest BCUT2D eigenvalue weighted by Gasteiger charge is 2.16. The Labute approximate surface area is 117 Å². The Morgan fingerprint density at radius 2 is 2.37 bits per heavy atom. The third-order valence-corrected chi connectivity index (χ3v) is 4.68. The molecule has 3 N–H and O–H groups in total. The van der Waals surface area contributed by atoms with Crippen molar-refractivity contribution in [2.24, 2.45) is 5.92 Å². The van der Waals surface area contributed by atoms with Crippen LogP contribution in [-0.2, 0) is 4.79 Å². The van der Waals surface area contributed by atoms with E-state index in [-0.39, 0.29) is 5.91 Å². The van der Waals surface area contributed by atoms with Crippen LogP contribution in [0.25, 0.3) is 0 Å². The van der Waals surface area contributed by atoms with Crippen LogP contribution in [0.1, 0.15) is 12.8 Å². The predicted octanol–water partition coefficient (Wildman–Crippen LogP) is 2.14. The minimum atomic E-state index is 0.0890. The number of carbonyl (C=O) groups excluding carboxylic acids is 1. The summed E-state index contributed by atoms with van der Waals surface area (Å²) >= 11 is 1.60. The molecule has 1 saturated heterocycles. The highest BCUT2D eigenvalue weighted by molar-refractivity contribution is 8.00. The van der Waals surface area contributed by atoms with Gasteiger partial charge in [0.05, 0.1) is 11.4 Å². The van der Waals surface area contributed by atoms with Gasteiger partial charge in [-0.25, -0.2) is 0 Å². The molecule has 1 aromatic rings. The van der Waals surface area contributed by atoms with Gasteiger partial charge in [-0.2, -0.15) is 0 Å². The molecule has 2 aliphatic heterocycles. The Hall–Kier alpha value is -1.20. The van der Waals surface area contributed by atoms with E-state index in [1.54, 1.807) is 11.8 Å². The first-order valence-electron chi connectivity index (χ1n) is 6.82. The fourth-order valence-electron chi connectivity index (χ4n) is 2.55. The first-order chi connectivity index (χ1) is 9.31. The molecule has 0 bridgehead atoms. The first-order valence-corrected chi connectivity index (χ1v) is 7.81. The van der Waals surface area contributed by atoms with Crippen LogP contribution in [0, 0.1) is 5.92 Å². The zero-order valence-electron chi connectivity index (χ0n) is 10.9. The summed E-state index contributed by atoms with van der Waals surface area (Å²) in [4.78, 5) is 12.5. The van der Waals surface area contributed by atoms with Gasteiger partial charge in [-0.3, -0.25) is 4.79 Å². The van der Waals surface area contributed by atoms with Gasteiger partial charge in [0.25, 0.3) is 0 Å². The normalized spacial score (nSPS) is 22.5.